The predicted octanol–water partition coefficient (Wildman–Crippen LogP) is 3.64. The summed E-state index contributed by atoms with van der Waals surface area (Å²) in [4.78, 5) is 19.9. The molecule has 0 heterocycles. The Morgan fingerprint density at radius 3 is 2.39 bits per heavy atom. The van der Waals surface area contributed by atoms with Crippen LogP contribution in [0.4, 0.5) is 18.9 Å². The highest BCUT2D eigenvalue weighted by Gasteiger charge is 2.34. The van der Waals surface area contributed by atoms with E-state index in [0.717, 1.165) is 13.0 Å². The van der Waals surface area contributed by atoms with Crippen LogP contribution in [0.3, 0.4) is 0 Å². The Morgan fingerprint density at radius 1 is 1.44 bits per heavy atom. The minimum atomic E-state index is -4.62. The third-order valence-corrected chi connectivity index (χ3v) is 3.32. The van der Waals surface area contributed by atoms with Crippen LogP contribution < -0.4 is 0 Å². The second-order valence-electron chi connectivity index (χ2n) is 3.50. The molecule has 0 aromatic heterocycles. The van der Waals surface area contributed by atoms with Crippen molar-refractivity contribution >= 4 is 27.4 Å². The first-order valence-corrected chi connectivity index (χ1v) is 5.56. The Morgan fingerprint density at radius 2 is 2.00 bits per heavy atom. The first kappa shape index (κ1) is 14.6. The quantitative estimate of drug-likeness (QED) is 0.484. The van der Waals surface area contributed by atoms with Crippen LogP contribution in [-0.4, -0.2) is 10.7 Å². The van der Waals surface area contributed by atoms with Gasteiger partial charge in [-0.1, -0.05) is 15.9 Å². The van der Waals surface area contributed by atoms with Crippen LogP contribution >= 0.6 is 15.9 Å². The van der Waals surface area contributed by atoms with Crippen molar-refractivity contribution in [2.45, 2.75) is 17.9 Å². The first-order valence-electron chi connectivity index (χ1n) is 4.64. The molecule has 0 saturated heterocycles. The van der Waals surface area contributed by atoms with Crippen LogP contribution in [0.15, 0.2) is 18.2 Å². The molecule has 0 fully saturated rings. The molecular weight excluding hydrogens is 319 g/mol. The lowest BCUT2D eigenvalue weighted by Gasteiger charge is -2.11. The zero-order valence-corrected chi connectivity index (χ0v) is 10.6. The number of nitrogens with zero attached hydrogens (tertiary/aromatic N) is 1. The van der Waals surface area contributed by atoms with Crippen molar-refractivity contribution in [3.63, 3.8) is 0 Å². The number of rotatable bonds is 3. The fraction of sp³-hybridized carbons (Fsp3) is 0.300. The van der Waals surface area contributed by atoms with Crippen molar-refractivity contribution in [2.75, 3.05) is 0 Å². The van der Waals surface area contributed by atoms with Crippen LogP contribution in [0, 0.1) is 10.1 Å². The van der Waals surface area contributed by atoms with Gasteiger partial charge in [-0.15, -0.1) is 0 Å². The fourth-order valence-corrected chi connectivity index (χ4v) is 1.69. The number of benzene rings is 1. The van der Waals surface area contributed by atoms with Gasteiger partial charge in [0, 0.05) is 6.07 Å². The lowest BCUT2D eigenvalue weighted by atomic mass is 10.0. The highest BCUT2D eigenvalue weighted by atomic mass is 79.9. The molecule has 0 amide bonds. The molecule has 0 aliphatic carbocycles. The minimum Gasteiger partial charge on any atom is -0.298 e. The van der Waals surface area contributed by atoms with E-state index in [4.69, 9.17) is 0 Å². The molecule has 0 N–H and O–H groups in total. The first-order chi connectivity index (χ1) is 8.14. The van der Waals surface area contributed by atoms with Gasteiger partial charge in [0.2, 0.25) is 0 Å². The molecule has 0 spiro atoms. The van der Waals surface area contributed by atoms with Crippen molar-refractivity contribution in [2.24, 2.45) is 0 Å². The molecule has 4 nitrogen and oxygen atoms in total. The fourth-order valence-electron chi connectivity index (χ4n) is 1.32. The third-order valence-electron chi connectivity index (χ3n) is 2.18. The van der Waals surface area contributed by atoms with E-state index in [0.29, 0.717) is 12.1 Å². The van der Waals surface area contributed by atoms with E-state index in [9.17, 15) is 28.1 Å². The van der Waals surface area contributed by atoms with Gasteiger partial charge in [0.25, 0.3) is 5.69 Å². The van der Waals surface area contributed by atoms with Gasteiger partial charge in [-0.3, -0.25) is 14.9 Å². The van der Waals surface area contributed by atoms with E-state index in [1.807, 2.05) is 0 Å². The zero-order chi connectivity index (χ0) is 14.1. The summed E-state index contributed by atoms with van der Waals surface area (Å²) in [6.07, 6.45) is -4.62. The third kappa shape index (κ3) is 3.06. The zero-order valence-electron chi connectivity index (χ0n) is 8.99. The van der Waals surface area contributed by atoms with Gasteiger partial charge in [0.05, 0.1) is 16.1 Å². The van der Waals surface area contributed by atoms with Crippen molar-refractivity contribution in [1.29, 1.82) is 0 Å². The van der Waals surface area contributed by atoms with Gasteiger partial charge in [-0.2, -0.15) is 13.2 Å². The van der Waals surface area contributed by atoms with E-state index in [2.05, 4.69) is 15.9 Å². The average molecular weight is 326 g/mol. The van der Waals surface area contributed by atoms with Crippen LogP contribution in [0.1, 0.15) is 22.9 Å². The monoisotopic (exact) mass is 325 g/mol. The van der Waals surface area contributed by atoms with Crippen LogP contribution in [0.2, 0.25) is 0 Å². The Bertz CT molecular complexity index is 502. The molecule has 0 radical (unpaired) electrons. The SMILES string of the molecule is CC(=O)C(Br)c1cc(C(F)(F)F)ccc1[N+](=O)[O-]. The molecule has 1 unspecified atom stereocenters. The lowest BCUT2D eigenvalue weighted by molar-refractivity contribution is -0.385. The van der Waals surface area contributed by atoms with Crippen LogP contribution in [-0.2, 0) is 11.0 Å². The number of halogens is 4. The number of carbonyl (C=O) groups is 1. The smallest absolute Gasteiger partial charge is 0.298 e. The Kier molecular flexibility index (Phi) is 4.10. The highest BCUT2D eigenvalue weighted by Crippen LogP contribution is 2.37. The number of ketones is 1. The van der Waals surface area contributed by atoms with Gasteiger partial charge < -0.3 is 0 Å². The molecule has 0 aliphatic rings. The van der Waals surface area contributed by atoms with E-state index >= 15 is 0 Å². The highest BCUT2D eigenvalue weighted by molar-refractivity contribution is 9.09. The van der Waals surface area contributed by atoms with Gasteiger partial charge in [-0.25, -0.2) is 0 Å². The van der Waals surface area contributed by atoms with E-state index < -0.39 is 33.0 Å². The number of Topliss-reactive ketones (excluding diaryl/α,β-unsaturated/α-hetero) is 1. The number of alkyl halides is 4. The van der Waals surface area contributed by atoms with Gasteiger partial charge in [-0.05, 0) is 19.1 Å². The average Bonchev–Trinajstić information content (AvgIpc) is 2.25. The molecule has 1 aromatic rings. The molecular formula is C10H7BrF3NO3. The Balaban J connectivity index is 3.42. The molecule has 98 valence electrons. The normalized spacial score (nSPS) is 13.2. The van der Waals surface area contributed by atoms with Crippen molar-refractivity contribution < 1.29 is 22.9 Å². The van der Waals surface area contributed by atoms with Gasteiger partial charge >= 0.3 is 6.18 Å². The van der Waals surface area contributed by atoms with Crippen LogP contribution in [0.5, 0.6) is 0 Å². The molecule has 8 heteroatoms. The number of nitro groups is 1. The van der Waals surface area contributed by atoms with Crippen molar-refractivity contribution in [1.82, 2.24) is 0 Å². The summed E-state index contributed by atoms with van der Waals surface area (Å²) < 4.78 is 37.5. The number of hydrogen-bond donors (Lipinski definition) is 0. The second-order valence-corrected chi connectivity index (χ2v) is 4.42. The van der Waals surface area contributed by atoms with Crippen molar-refractivity contribution in [3.05, 3.63) is 39.4 Å². The number of carbonyl (C=O) groups excluding carboxylic acids is 1. The lowest BCUT2D eigenvalue weighted by Crippen LogP contribution is -2.10. The second kappa shape index (κ2) is 5.05. The van der Waals surface area contributed by atoms with E-state index in [-0.39, 0.29) is 5.56 Å². The molecule has 1 aromatic carbocycles. The van der Waals surface area contributed by atoms with Gasteiger partial charge in [0.1, 0.15) is 10.6 Å². The maximum absolute atomic E-state index is 12.5. The summed E-state index contributed by atoms with van der Waals surface area (Å²) in [6.45, 7) is 1.13. The molecule has 18 heavy (non-hydrogen) atoms. The minimum absolute atomic E-state index is 0.303. The maximum Gasteiger partial charge on any atom is 0.416 e. The standard InChI is InChI=1S/C10H7BrF3NO3/c1-5(16)9(11)7-4-6(10(12,13)14)2-3-8(7)15(17)18/h2-4,9H,1H3. The summed E-state index contributed by atoms with van der Waals surface area (Å²) in [6, 6.07) is 1.97. The van der Waals surface area contributed by atoms with Gasteiger partial charge in [0.15, 0.2) is 0 Å². The largest absolute Gasteiger partial charge is 0.416 e. The maximum atomic E-state index is 12.5. The van der Waals surface area contributed by atoms with Crippen LogP contribution in [0.25, 0.3) is 0 Å². The summed E-state index contributed by atoms with van der Waals surface area (Å²) in [7, 11) is 0. The van der Waals surface area contributed by atoms with E-state index in [1.165, 1.54) is 0 Å². The topological polar surface area (TPSA) is 60.2 Å². The molecule has 0 saturated carbocycles. The summed E-state index contributed by atoms with van der Waals surface area (Å²) in [5, 5.41) is 10.7. The summed E-state index contributed by atoms with van der Waals surface area (Å²) in [5.74, 6) is -0.516. The Hall–Kier alpha value is -1.44. The number of nitro benzene ring substituents is 1. The molecule has 1 atom stereocenters. The molecule has 0 aliphatic heterocycles. The predicted molar refractivity (Wildman–Crippen MR) is 60.4 cm³/mol. The molecule has 1 rings (SSSR count). The molecule has 0 bridgehead atoms. The number of hydrogen-bond acceptors (Lipinski definition) is 3. The summed E-state index contributed by atoms with van der Waals surface area (Å²) in [5.41, 5.74) is -1.86. The van der Waals surface area contributed by atoms with E-state index in [1.54, 1.807) is 0 Å². The van der Waals surface area contributed by atoms with Crippen molar-refractivity contribution in [3.8, 4) is 0 Å². The summed E-state index contributed by atoms with van der Waals surface area (Å²) >= 11 is 2.85. The Labute approximate surface area is 108 Å².